The van der Waals surface area contributed by atoms with Crippen molar-refractivity contribution in [2.45, 2.75) is 18.6 Å². The number of hydrogen-bond acceptors (Lipinski definition) is 4. The highest BCUT2D eigenvalue weighted by atomic mass is 19.1. The summed E-state index contributed by atoms with van der Waals surface area (Å²) in [7, 11) is 1.52. The van der Waals surface area contributed by atoms with E-state index in [1.54, 1.807) is 18.2 Å². The highest BCUT2D eigenvalue weighted by Gasteiger charge is 2.33. The first-order chi connectivity index (χ1) is 13.0. The number of hydrogen-bond donors (Lipinski definition) is 1. The lowest BCUT2D eigenvalue weighted by Crippen LogP contribution is -2.39. The molecule has 0 amide bonds. The Balaban J connectivity index is 1.92. The number of benzene rings is 3. The molecule has 6 heteroatoms. The first-order valence-corrected chi connectivity index (χ1v) is 8.43. The third kappa shape index (κ3) is 2.77. The van der Waals surface area contributed by atoms with E-state index in [2.05, 4.69) is 6.07 Å². The molecule has 0 aromatic heterocycles. The largest absolute Gasteiger partial charge is 0.496 e. The Labute approximate surface area is 154 Å². The molecule has 3 aromatic carbocycles. The van der Waals surface area contributed by atoms with Crippen molar-refractivity contribution in [3.05, 3.63) is 70.8 Å². The van der Waals surface area contributed by atoms with Crippen LogP contribution in [0.4, 0.5) is 8.78 Å². The van der Waals surface area contributed by atoms with Crippen LogP contribution in [-0.2, 0) is 6.42 Å². The third-order valence-electron chi connectivity index (χ3n) is 4.98. The molecule has 1 heterocycles. The maximum Gasteiger partial charge on any atom is 0.155 e. The van der Waals surface area contributed by atoms with E-state index in [-0.39, 0.29) is 5.56 Å². The molecule has 2 unspecified atom stereocenters. The molecule has 3 aromatic rings. The van der Waals surface area contributed by atoms with Gasteiger partial charge < -0.3 is 9.47 Å². The minimum atomic E-state index is -0.838. The molecule has 4 rings (SSSR count). The molecule has 1 aliphatic heterocycles. The van der Waals surface area contributed by atoms with Gasteiger partial charge in [0.15, 0.2) is 6.23 Å². The van der Waals surface area contributed by atoms with E-state index in [1.165, 1.54) is 7.11 Å². The van der Waals surface area contributed by atoms with E-state index in [9.17, 15) is 14.0 Å². The van der Waals surface area contributed by atoms with Crippen molar-refractivity contribution in [3.63, 3.8) is 0 Å². The number of nitrogens with zero attached hydrogens (tertiary/aromatic N) is 1. The van der Waals surface area contributed by atoms with E-state index >= 15 is 0 Å². The number of nitriles is 1. The molecule has 1 aliphatic rings. The topological polar surface area (TPSA) is 68.3 Å². The Morgan fingerprint density at radius 3 is 2.78 bits per heavy atom. The molecule has 0 saturated carbocycles. The van der Waals surface area contributed by atoms with Crippen molar-refractivity contribution in [3.8, 4) is 17.6 Å². The van der Waals surface area contributed by atoms with Crippen LogP contribution in [0.5, 0.6) is 11.5 Å². The van der Waals surface area contributed by atoms with Crippen LogP contribution in [0.2, 0.25) is 0 Å². The first kappa shape index (κ1) is 17.3. The fourth-order valence-corrected chi connectivity index (χ4v) is 3.70. The Kier molecular flexibility index (Phi) is 4.17. The maximum atomic E-state index is 14.3. The van der Waals surface area contributed by atoms with Gasteiger partial charge in [0.1, 0.15) is 23.1 Å². The van der Waals surface area contributed by atoms with Gasteiger partial charge in [-0.1, -0.05) is 12.1 Å². The molecule has 0 bridgehead atoms. The Morgan fingerprint density at radius 2 is 2.04 bits per heavy atom. The standard InChI is InChI=1S/C21H16F2N2O2/c1-26-19-9-18-15(13-4-2-3-11(10-24)20(13)19)8-16(21(25)27-18)14-7-12(22)5-6-17(14)23/h2-7,9,16,21H,8,25H2,1H3. The van der Waals surface area contributed by atoms with Crippen LogP contribution in [0.15, 0.2) is 42.5 Å². The summed E-state index contributed by atoms with van der Waals surface area (Å²) in [4.78, 5) is 0. The molecule has 0 saturated heterocycles. The van der Waals surface area contributed by atoms with Crippen LogP contribution in [-0.4, -0.2) is 13.3 Å². The van der Waals surface area contributed by atoms with Crippen molar-refractivity contribution >= 4 is 10.8 Å². The predicted molar refractivity (Wildman–Crippen MR) is 96.6 cm³/mol. The van der Waals surface area contributed by atoms with Gasteiger partial charge in [-0.3, -0.25) is 5.73 Å². The zero-order valence-electron chi connectivity index (χ0n) is 14.5. The monoisotopic (exact) mass is 366 g/mol. The summed E-state index contributed by atoms with van der Waals surface area (Å²) in [6.07, 6.45) is -0.484. The summed E-state index contributed by atoms with van der Waals surface area (Å²) >= 11 is 0. The van der Waals surface area contributed by atoms with Crippen LogP contribution in [0.25, 0.3) is 10.8 Å². The predicted octanol–water partition coefficient (Wildman–Crippen LogP) is 4.00. The quantitative estimate of drug-likeness (QED) is 0.744. The molecule has 0 spiro atoms. The van der Waals surface area contributed by atoms with Gasteiger partial charge in [-0.15, -0.1) is 0 Å². The van der Waals surface area contributed by atoms with Crippen molar-refractivity contribution in [1.29, 1.82) is 5.26 Å². The summed E-state index contributed by atoms with van der Waals surface area (Å²) in [6.45, 7) is 0. The van der Waals surface area contributed by atoms with E-state index in [0.29, 0.717) is 28.9 Å². The Hall–Kier alpha value is -3.17. The lowest BCUT2D eigenvalue weighted by molar-refractivity contribution is 0.154. The first-order valence-electron chi connectivity index (χ1n) is 8.43. The molecule has 136 valence electrons. The van der Waals surface area contributed by atoms with E-state index in [0.717, 1.165) is 29.1 Å². The minimum absolute atomic E-state index is 0.175. The van der Waals surface area contributed by atoms with Gasteiger partial charge in [0, 0.05) is 22.9 Å². The number of methoxy groups -OCH3 is 1. The number of fused-ring (bicyclic) bond motifs is 3. The van der Waals surface area contributed by atoms with Crippen molar-refractivity contribution < 1.29 is 18.3 Å². The summed E-state index contributed by atoms with van der Waals surface area (Å²) in [6, 6.07) is 12.5. The van der Waals surface area contributed by atoms with Crippen LogP contribution in [0.3, 0.4) is 0 Å². The highest BCUT2D eigenvalue weighted by molar-refractivity contribution is 5.97. The third-order valence-corrected chi connectivity index (χ3v) is 4.98. The van der Waals surface area contributed by atoms with Crippen LogP contribution in [0, 0.1) is 23.0 Å². The van der Waals surface area contributed by atoms with Crippen molar-refractivity contribution in [2.24, 2.45) is 5.73 Å². The van der Waals surface area contributed by atoms with Crippen molar-refractivity contribution in [2.75, 3.05) is 7.11 Å². The lowest BCUT2D eigenvalue weighted by Gasteiger charge is -2.33. The van der Waals surface area contributed by atoms with Gasteiger partial charge in [0.25, 0.3) is 0 Å². The second-order valence-corrected chi connectivity index (χ2v) is 6.45. The van der Waals surface area contributed by atoms with Gasteiger partial charge in [-0.25, -0.2) is 8.78 Å². The molecule has 0 fully saturated rings. The summed E-state index contributed by atoms with van der Waals surface area (Å²) in [5, 5.41) is 10.9. The normalized spacial score (nSPS) is 18.5. The van der Waals surface area contributed by atoms with Crippen LogP contribution in [0.1, 0.15) is 22.6 Å². The van der Waals surface area contributed by atoms with E-state index in [1.807, 2.05) is 6.07 Å². The minimum Gasteiger partial charge on any atom is -0.496 e. The highest BCUT2D eigenvalue weighted by Crippen LogP contribution is 2.44. The lowest BCUT2D eigenvalue weighted by atomic mass is 9.85. The molecule has 2 atom stereocenters. The van der Waals surface area contributed by atoms with Gasteiger partial charge in [0.05, 0.1) is 18.7 Å². The van der Waals surface area contributed by atoms with Crippen molar-refractivity contribution in [1.82, 2.24) is 0 Å². The number of rotatable bonds is 2. The second kappa shape index (κ2) is 6.53. The molecule has 0 radical (unpaired) electrons. The van der Waals surface area contributed by atoms with Crippen LogP contribution >= 0.6 is 0 Å². The fraction of sp³-hybridized carbons (Fsp3) is 0.190. The van der Waals surface area contributed by atoms with E-state index < -0.39 is 23.8 Å². The zero-order valence-corrected chi connectivity index (χ0v) is 14.5. The average molecular weight is 366 g/mol. The van der Waals surface area contributed by atoms with E-state index in [4.69, 9.17) is 15.2 Å². The fourth-order valence-electron chi connectivity index (χ4n) is 3.70. The zero-order chi connectivity index (χ0) is 19.1. The average Bonchev–Trinajstić information content (AvgIpc) is 2.68. The SMILES string of the molecule is COc1cc2c(c3cccc(C#N)c13)CC(c1cc(F)ccc1F)C(N)O2. The summed E-state index contributed by atoms with van der Waals surface area (Å²) in [5.74, 6) is -0.593. The molecule has 4 nitrogen and oxygen atoms in total. The second-order valence-electron chi connectivity index (χ2n) is 6.45. The van der Waals surface area contributed by atoms with Gasteiger partial charge in [0.2, 0.25) is 0 Å². The molecule has 27 heavy (non-hydrogen) atoms. The summed E-state index contributed by atoms with van der Waals surface area (Å²) in [5.41, 5.74) is 7.56. The maximum absolute atomic E-state index is 14.3. The van der Waals surface area contributed by atoms with Gasteiger partial charge >= 0.3 is 0 Å². The number of halogens is 2. The Bertz CT molecular complexity index is 1090. The molecular weight excluding hydrogens is 350 g/mol. The number of ether oxygens (including phenoxy) is 2. The Morgan fingerprint density at radius 1 is 1.22 bits per heavy atom. The van der Waals surface area contributed by atoms with Gasteiger partial charge in [-0.05, 0) is 41.6 Å². The van der Waals surface area contributed by atoms with Gasteiger partial charge in [-0.2, -0.15) is 5.26 Å². The molecule has 0 aliphatic carbocycles. The molecular formula is C21H16F2N2O2. The molecule has 2 N–H and O–H groups in total. The van der Waals surface area contributed by atoms with Crippen LogP contribution < -0.4 is 15.2 Å². The smallest absolute Gasteiger partial charge is 0.155 e. The number of nitrogens with two attached hydrogens (primary N) is 1. The summed E-state index contributed by atoms with van der Waals surface area (Å²) < 4.78 is 39.3.